The Bertz CT molecular complexity index is 1710. The molecule has 2 heterocycles. The fraction of sp³-hybridized carbons (Fsp3) is 0.242. The summed E-state index contributed by atoms with van der Waals surface area (Å²) in [6.07, 6.45) is 1.89. The zero-order valence-electron chi connectivity index (χ0n) is 23.1. The predicted octanol–water partition coefficient (Wildman–Crippen LogP) is 6.84. The van der Waals surface area contributed by atoms with Gasteiger partial charge in [-0.05, 0) is 67.3 Å². The molecular weight excluding hydrogens is 504 g/mol. The molecule has 0 aromatic heterocycles. The highest BCUT2D eigenvalue weighted by atomic mass is 16.5. The molecule has 1 spiro atoms. The van der Waals surface area contributed by atoms with Crippen LogP contribution in [0.25, 0.3) is 10.8 Å². The van der Waals surface area contributed by atoms with Crippen LogP contribution in [0.15, 0.2) is 83.9 Å². The van der Waals surface area contributed by atoms with E-state index in [0.29, 0.717) is 22.9 Å². The number of carbonyl (C=O) groups is 2. The van der Waals surface area contributed by atoms with E-state index in [9.17, 15) is 9.59 Å². The van der Waals surface area contributed by atoms with Gasteiger partial charge in [0, 0.05) is 18.1 Å². The van der Waals surface area contributed by atoms with Gasteiger partial charge in [0.1, 0.15) is 22.9 Å². The standard InChI is InChI=1S/C33H30N2O5/c1-20(2)30(36)38-23-10-8-9-22(17-23)31(37)39-24-15-13-21-14-16-28-29(25(21)18-24)34-19-33(40-28)32(3,4)26-11-6-7-12-27(26)35(33)5/h6-20H,1-5H3. The van der Waals surface area contributed by atoms with Crippen LogP contribution in [0.5, 0.6) is 17.2 Å². The normalized spacial score (nSPS) is 18.4. The molecule has 1 atom stereocenters. The number of esters is 2. The van der Waals surface area contributed by atoms with Crippen molar-refractivity contribution in [3.05, 3.63) is 90.0 Å². The zero-order chi connectivity index (χ0) is 28.2. The molecule has 0 fully saturated rings. The van der Waals surface area contributed by atoms with Crippen molar-refractivity contribution in [1.82, 2.24) is 0 Å². The van der Waals surface area contributed by atoms with Crippen molar-refractivity contribution < 1.29 is 23.8 Å². The number of carbonyl (C=O) groups excluding carboxylic acids is 2. The first kappa shape index (κ1) is 25.6. The van der Waals surface area contributed by atoms with Gasteiger partial charge in [-0.3, -0.25) is 9.79 Å². The summed E-state index contributed by atoms with van der Waals surface area (Å²) in [4.78, 5) is 32.0. The first-order chi connectivity index (χ1) is 19.1. The highest BCUT2D eigenvalue weighted by molar-refractivity contribution is 6.01. The highest BCUT2D eigenvalue weighted by Gasteiger charge is 2.58. The van der Waals surface area contributed by atoms with Gasteiger partial charge in [-0.25, -0.2) is 4.79 Å². The molecule has 40 heavy (non-hydrogen) atoms. The van der Waals surface area contributed by atoms with Gasteiger partial charge in [-0.15, -0.1) is 0 Å². The Balaban J connectivity index is 1.30. The Morgan fingerprint density at radius 3 is 2.42 bits per heavy atom. The number of fused-ring (bicyclic) bond motifs is 4. The van der Waals surface area contributed by atoms with Crippen molar-refractivity contribution in [2.75, 3.05) is 11.9 Å². The van der Waals surface area contributed by atoms with Crippen LogP contribution >= 0.6 is 0 Å². The van der Waals surface area contributed by atoms with Crippen molar-refractivity contribution in [3.8, 4) is 17.2 Å². The van der Waals surface area contributed by atoms with Gasteiger partial charge in [-0.1, -0.05) is 50.2 Å². The number of hydrogen-bond donors (Lipinski definition) is 0. The van der Waals surface area contributed by atoms with Crippen molar-refractivity contribution >= 4 is 40.3 Å². The fourth-order valence-electron chi connectivity index (χ4n) is 5.50. The number of rotatable bonds is 4. The molecule has 0 radical (unpaired) electrons. The second-order valence-corrected chi connectivity index (χ2v) is 11.0. The van der Waals surface area contributed by atoms with Gasteiger partial charge in [0.15, 0.2) is 0 Å². The summed E-state index contributed by atoms with van der Waals surface area (Å²) in [5, 5.41) is 1.75. The Morgan fingerprint density at radius 2 is 1.65 bits per heavy atom. The lowest BCUT2D eigenvalue weighted by atomic mass is 9.77. The lowest BCUT2D eigenvalue weighted by Crippen LogP contribution is -2.61. The van der Waals surface area contributed by atoms with E-state index in [4.69, 9.17) is 19.2 Å². The van der Waals surface area contributed by atoms with Gasteiger partial charge in [0.2, 0.25) is 5.72 Å². The molecule has 1 unspecified atom stereocenters. The maximum Gasteiger partial charge on any atom is 0.343 e. The number of para-hydroxylation sites is 1. The predicted molar refractivity (Wildman–Crippen MR) is 155 cm³/mol. The smallest absolute Gasteiger partial charge is 0.343 e. The molecule has 7 heteroatoms. The third-order valence-corrected chi connectivity index (χ3v) is 7.86. The third kappa shape index (κ3) is 3.92. The van der Waals surface area contributed by atoms with Crippen LogP contribution < -0.4 is 19.1 Å². The largest absolute Gasteiger partial charge is 0.459 e. The van der Waals surface area contributed by atoms with E-state index in [1.165, 1.54) is 11.6 Å². The SMILES string of the molecule is CC(C)C(=O)Oc1cccc(C(=O)Oc2ccc3ccc4c(c3c2)N=CC2(O4)N(C)c3ccccc3C2(C)C)c1. The lowest BCUT2D eigenvalue weighted by molar-refractivity contribution is -0.137. The summed E-state index contributed by atoms with van der Waals surface area (Å²) >= 11 is 0. The second kappa shape index (κ2) is 9.23. The third-order valence-electron chi connectivity index (χ3n) is 7.86. The van der Waals surface area contributed by atoms with Crippen LogP contribution in [0.3, 0.4) is 0 Å². The first-order valence-corrected chi connectivity index (χ1v) is 13.3. The number of aliphatic imine (C=N–C) groups is 1. The molecule has 202 valence electrons. The maximum absolute atomic E-state index is 13.0. The summed E-state index contributed by atoms with van der Waals surface area (Å²) in [7, 11) is 2.03. The van der Waals surface area contributed by atoms with E-state index in [-0.39, 0.29) is 22.9 Å². The minimum absolute atomic E-state index is 0.276. The Labute approximate surface area is 233 Å². The van der Waals surface area contributed by atoms with E-state index in [1.807, 2.05) is 43.6 Å². The fourth-order valence-corrected chi connectivity index (χ4v) is 5.50. The summed E-state index contributed by atoms with van der Waals surface area (Å²) in [6, 6.07) is 24.1. The Kier molecular flexibility index (Phi) is 5.91. The second-order valence-electron chi connectivity index (χ2n) is 11.0. The van der Waals surface area contributed by atoms with Crippen molar-refractivity contribution in [2.24, 2.45) is 10.9 Å². The van der Waals surface area contributed by atoms with Gasteiger partial charge in [0.05, 0.1) is 23.1 Å². The molecule has 2 aliphatic heterocycles. The number of anilines is 1. The van der Waals surface area contributed by atoms with Crippen LogP contribution in [0.1, 0.15) is 43.6 Å². The molecule has 0 bridgehead atoms. The van der Waals surface area contributed by atoms with Crippen molar-refractivity contribution in [3.63, 3.8) is 0 Å². The average molecular weight is 535 g/mol. The summed E-state index contributed by atoms with van der Waals surface area (Å²) < 4.78 is 17.8. The van der Waals surface area contributed by atoms with Gasteiger partial charge < -0.3 is 19.1 Å². The topological polar surface area (TPSA) is 77.4 Å². The molecule has 4 aromatic rings. The number of nitrogens with zero attached hydrogens (tertiary/aromatic N) is 2. The maximum atomic E-state index is 13.0. The Hall–Kier alpha value is -4.65. The highest BCUT2D eigenvalue weighted by Crippen LogP contribution is 2.54. The van der Waals surface area contributed by atoms with Crippen LogP contribution in [-0.2, 0) is 10.2 Å². The molecule has 7 nitrogen and oxygen atoms in total. The molecular formula is C33H30N2O5. The number of ether oxygens (including phenoxy) is 3. The molecule has 0 aliphatic carbocycles. The summed E-state index contributed by atoms with van der Waals surface area (Å²) in [6.45, 7) is 7.84. The van der Waals surface area contributed by atoms with Gasteiger partial charge >= 0.3 is 11.9 Å². The van der Waals surface area contributed by atoms with E-state index in [1.54, 1.807) is 44.2 Å². The van der Waals surface area contributed by atoms with Gasteiger partial charge in [0.25, 0.3) is 0 Å². The molecule has 2 aliphatic rings. The monoisotopic (exact) mass is 534 g/mol. The summed E-state index contributed by atoms with van der Waals surface area (Å²) in [5.41, 5.74) is 2.13. The van der Waals surface area contributed by atoms with Crippen LogP contribution in [0.2, 0.25) is 0 Å². The molecule has 0 amide bonds. The minimum Gasteiger partial charge on any atom is -0.459 e. The van der Waals surface area contributed by atoms with Crippen LogP contribution in [-0.4, -0.2) is 30.9 Å². The Morgan fingerprint density at radius 1 is 0.900 bits per heavy atom. The van der Waals surface area contributed by atoms with Gasteiger partial charge in [-0.2, -0.15) is 0 Å². The lowest BCUT2D eigenvalue weighted by Gasteiger charge is -2.45. The molecule has 0 saturated heterocycles. The quantitative estimate of drug-likeness (QED) is 0.211. The van der Waals surface area contributed by atoms with Crippen LogP contribution in [0.4, 0.5) is 11.4 Å². The van der Waals surface area contributed by atoms with E-state index in [0.717, 1.165) is 16.5 Å². The van der Waals surface area contributed by atoms with Crippen molar-refractivity contribution in [2.45, 2.75) is 38.8 Å². The molecule has 0 N–H and O–H groups in total. The van der Waals surface area contributed by atoms with E-state index < -0.39 is 11.7 Å². The molecule has 6 rings (SSSR count). The van der Waals surface area contributed by atoms with Crippen LogP contribution in [0, 0.1) is 5.92 Å². The zero-order valence-corrected chi connectivity index (χ0v) is 23.1. The summed E-state index contributed by atoms with van der Waals surface area (Å²) in [5.74, 6) is 0.115. The molecule has 0 saturated carbocycles. The average Bonchev–Trinajstić information content (AvgIpc) is 3.11. The number of likely N-dealkylation sites (N-methyl/N-ethyl adjacent to an activating group) is 1. The molecule has 4 aromatic carbocycles. The van der Waals surface area contributed by atoms with E-state index >= 15 is 0 Å². The number of benzene rings is 4. The van der Waals surface area contributed by atoms with Crippen molar-refractivity contribution in [1.29, 1.82) is 0 Å². The van der Waals surface area contributed by atoms with E-state index in [2.05, 4.69) is 30.9 Å². The first-order valence-electron chi connectivity index (χ1n) is 13.3. The number of hydrogen-bond acceptors (Lipinski definition) is 7. The minimum atomic E-state index is -0.786.